The van der Waals surface area contributed by atoms with Crippen LogP contribution in [0.15, 0.2) is 23.3 Å². The fraction of sp³-hybridized carbons (Fsp3) is 0.714. The van der Waals surface area contributed by atoms with E-state index in [4.69, 9.17) is 14.5 Å². The largest absolute Gasteiger partial charge is 0.478 e. The Bertz CT molecular complexity index is 556. The number of hydrogen-bond acceptors (Lipinski definition) is 5. The van der Waals surface area contributed by atoms with E-state index in [0.717, 1.165) is 70.0 Å². The maximum absolute atomic E-state index is 5.53. The van der Waals surface area contributed by atoms with Crippen LogP contribution in [0.25, 0.3) is 0 Å². The number of nitrogens with zero attached hydrogens (tertiary/aromatic N) is 3. The first-order chi connectivity index (χ1) is 13.7. The second-order valence-electron chi connectivity index (χ2n) is 7.15. The monoisotopic (exact) mass is 391 g/mol. The Morgan fingerprint density at radius 3 is 2.71 bits per heavy atom. The average Bonchev–Trinajstić information content (AvgIpc) is 2.73. The number of aromatic nitrogens is 1. The van der Waals surface area contributed by atoms with E-state index in [2.05, 4.69) is 34.4 Å². The van der Waals surface area contributed by atoms with Crippen LogP contribution in [-0.4, -0.2) is 68.4 Å². The van der Waals surface area contributed by atoms with E-state index in [1.807, 2.05) is 18.3 Å². The van der Waals surface area contributed by atoms with Crippen LogP contribution in [0.4, 0.5) is 0 Å². The molecule has 0 atom stereocenters. The fourth-order valence-corrected chi connectivity index (χ4v) is 3.21. The lowest BCUT2D eigenvalue weighted by Gasteiger charge is -2.33. The number of methoxy groups -OCH3 is 1. The third-order valence-electron chi connectivity index (χ3n) is 4.77. The molecule has 0 spiro atoms. The summed E-state index contributed by atoms with van der Waals surface area (Å²) in [5, 5.41) is 6.95. The molecule has 7 heteroatoms. The zero-order chi connectivity index (χ0) is 20.0. The zero-order valence-corrected chi connectivity index (χ0v) is 17.7. The second kappa shape index (κ2) is 13.3. The average molecular weight is 392 g/mol. The molecule has 158 valence electrons. The van der Waals surface area contributed by atoms with Crippen molar-refractivity contribution in [3.63, 3.8) is 0 Å². The van der Waals surface area contributed by atoms with Crippen LogP contribution in [-0.2, 0) is 11.3 Å². The smallest absolute Gasteiger partial charge is 0.213 e. The van der Waals surface area contributed by atoms with E-state index in [-0.39, 0.29) is 0 Å². The summed E-state index contributed by atoms with van der Waals surface area (Å²) < 4.78 is 10.7. The third-order valence-corrected chi connectivity index (χ3v) is 4.77. The van der Waals surface area contributed by atoms with Gasteiger partial charge in [-0.2, -0.15) is 0 Å². The first-order valence-electron chi connectivity index (χ1n) is 10.6. The van der Waals surface area contributed by atoms with E-state index >= 15 is 0 Å². The van der Waals surface area contributed by atoms with Gasteiger partial charge in [-0.3, -0.25) is 0 Å². The van der Waals surface area contributed by atoms with Crippen molar-refractivity contribution in [2.75, 3.05) is 46.5 Å². The molecule has 1 aromatic heterocycles. The van der Waals surface area contributed by atoms with E-state index in [0.29, 0.717) is 25.1 Å². The van der Waals surface area contributed by atoms with Gasteiger partial charge in [-0.05, 0) is 38.2 Å². The van der Waals surface area contributed by atoms with Crippen LogP contribution in [0.1, 0.15) is 45.1 Å². The highest BCUT2D eigenvalue weighted by Gasteiger charge is 2.19. The molecule has 28 heavy (non-hydrogen) atoms. The lowest BCUT2D eigenvalue weighted by Crippen LogP contribution is -2.48. The van der Waals surface area contributed by atoms with Crippen molar-refractivity contribution in [1.82, 2.24) is 20.5 Å². The molecular formula is C21H37N5O2. The molecule has 1 saturated heterocycles. The summed E-state index contributed by atoms with van der Waals surface area (Å²) in [6, 6.07) is 4.42. The molecule has 7 nitrogen and oxygen atoms in total. The van der Waals surface area contributed by atoms with Crippen molar-refractivity contribution < 1.29 is 9.47 Å². The standard InChI is InChI=1S/C21H37N5O2/c1-4-14-28-20-8-7-18(16-23-20)17-24-21(22-5-2)25-19-9-12-26(13-10-19)11-6-15-27-3/h7-8,16,19H,4-6,9-15,17H2,1-3H3,(H2,22,24,25). The van der Waals surface area contributed by atoms with Gasteiger partial charge in [-0.1, -0.05) is 13.0 Å². The highest BCUT2D eigenvalue weighted by Crippen LogP contribution is 2.11. The van der Waals surface area contributed by atoms with Crippen LogP contribution in [0.5, 0.6) is 5.88 Å². The van der Waals surface area contributed by atoms with Gasteiger partial charge in [0.15, 0.2) is 5.96 Å². The molecule has 2 rings (SSSR count). The second-order valence-corrected chi connectivity index (χ2v) is 7.15. The van der Waals surface area contributed by atoms with Crippen molar-refractivity contribution >= 4 is 5.96 Å². The fourth-order valence-electron chi connectivity index (χ4n) is 3.21. The molecule has 0 amide bonds. The van der Waals surface area contributed by atoms with Gasteiger partial charge in [0.25, 0.3) is 0 Å². The number of ether oxygens (including phenoxy) is 2. The van der Waals surface area contributed by atoms with Crippen molar-refractivity contribution in [2.45, 2.75) is 52.1 Å². The highest BCUT2D eigenvalue weighted by atomic mass is 16.5. The zero-order valence-electron chi connectivity index (χ0n) is 17.7. The molecule has 1 fully saturated rings. The Morgan fingerprint density at radius 1 is 1.25 bits per heavy atom. The predicted octanol–water partition coefficient (Wildman–Crippen LogP) is 2.43. The van der Waals surface area contributed by atoms with Crippen LogP contribution >= 0.6 is 0 Å². The Labute approximate surface area is 169 Å². The number of piperidine rings is 1. The van der Waals surface area contributed by atoms with Crippen LogP contribution in [0.3, 0.4) is 0 Å². The molecule has 2 heterocycles. The van der Waals surface area contributed by atoms with Crippen molar-refractivity contribution in [2.24, 2.45) is 4.99 Å². The molecule has 0 aromatic carbocycles. The van der Waals surface area contributed by atoms with E-state index in [9.17, 15) is 0 Å². The summed E-state index contributed by atoms with van der Waals surface area (Å²) >= 11 is 0. The molecule has 2 N–H and O–H groups in total. The summed E-state index contributed by atoms with van der Waals surface area (Å²) in [5.41, 5.74) is 1.08. The summed E-state index contributed by atoms with van der Waals surface area (Å²) in [6.07, 6.45) is 6.22. The van der Waals surface area contributed by atoms with Crippen LogP contribution in [0.2, 0.25) is 0 Å². The number of aliphatic imine (C=N–C) groups is 1. The third kappa shape index (κ3) is 8.44. The summed E-state index contributed by atoms with van der Waals surface area (Å²) in [6.45, 7) is 10.6. The normalized spacial score (nSPS) is 16.2. The van der Waals surface area contributed by atoms with Gasteiger partial charge in [-0.25, -0.2) is 9.98 Å². The summed E-state index contributed by atoms with van der Waals surface area (Å²) in [7, 11) is 1.77. The maximum atomic E-state index is 5.53. The lowest BCUT2D eigenvalue weighted by molar-refractivity contribution is 0.155. The molecule has 0 saturated carbocycles. The van der Waals surface area contributed by atoms with Crippen LogP contribution < -0.4 is 15.4 Å². The van der Waals surface area contributed by atoms with Gasteiger partial charge in [0.2, 0.25) is 5.88 Å². The van der Waals surface area contributed by atoms with Gasteiger partial charge in [0.1, 0.15) is 0 Å². The van der Waals surface area contributed by atoms with Gasteiger partial charge >= 0.3 is 0 Å². The predicted molar refractivity (Wildman–Crippen MR) is 114 cm³/mol. The van der Waals surface area contributed by atoms with Gasteiger partial charge in [-0.15, -0.1) is 0 Å². The number of nitrogens with one attached hydrogen (secondary N) is 2. The summed E-state index contributed by atoms with van der Waals surface area (Å²) in [5.74, 6) is 1.56. The van der Waals surface area contributed by atoms with Gasteiger partial charge in [0.05, 0.1) is 13.2 Å². The van der Waals surface area contributed by atoms with Gasteiger partial charge in [0, 0.05) is 58.2 Å². The molecule has 0 bridgehead atoms. The van der Waals surface area contributed by atoms with E-state index in [1.54, 1.807) is 7.11 Å². The SMILES string of the molecule is CCCOc1ccc(CN=C(NCC)NC2CCN(CCCOC)CC2)cn1. The minimum absolute atomic E-state index is 0.472. The number of rotatable bonds is 11. The molecule has 1 aromatic rings. The highest BCUT2D eigenvalue weighted by molar-refractivity contribution is 5.80. The molecule has 0 aliphatic carbocycles. The van der Waals surface area contributed by atoms with Crippen molar-refractivity contribution in [3.05, 3.63) is 23.9 Å². The lowest BCUT2D eigenvalue weighted by atomic mass is 10.1. The maximum Gasteiger partial charge on any atom is 0.213 e. The minimum Gasteiger partial charge on any atom is -0.478 e. The van der Waals surface area contributed by atoms with E-state index < -0.39 is 0 Å². The van der Waals surface area contributed by atoms with Crippen LogP contribution in [0, 0.1) is 0 Å². The van der Waals surface area contributed by atoms with Crippen molar-refractivity contribution in [1.29, 1.82) is 0 Å². The first-order valence-corrected chi connectivity index (χ1v) is 10.6. The summed E-state index contributed by atoms with van der Waals surface area (Å²) in [4.78, 5) is 11.6. The van der Waals surface area contributed by atoms with Gasteiger partial charge < -0.3 is 25.0 Å². The Kier molecular flexibility index (Phi) is 10.7. The van der Waals surface area contributed by atoms with E-state index in [1.165, 1.54) is 0 Å². The Hall–Kier alpha value is -1.86. The quantitative estimate of drug-likeness (QED) is 0.343. The molecular weight excluding hydrogens is 354 g/mol. The minimum atomic E-state index is 0.472. The number of pyridine rings is 1. The molecule has 0 unspecified atom stereocenters. The topological polar surface area (TPSA) is 71.0 Å². The molecule has 1 aliphatic heterocycles. The van der Waals surface area contributed by atoms with Crippen molar-refractivity contribution in [3.8, 4) is 5.88 Å². The first kappa shape index (κ1) is 22.4. The number of guanidine groups is 1. The number of likely N-dealkylation sites (tertiary alicyclic amines) is 1. The number of hydrogen-bond donors (Lipinski definition) is 2. The Morgan fingerprint density at radius 2 is 2.07 bits per heavy atom. The Balaban J connectivity index is 1.79. The molecule has 1 aliphatic rings. The molecule has 0 radical (unpaired) electrons.